The molecule has 0 saturated heterocycles. The van der Waals surface area contributed by atoms with Gasteiger partial charge in [0.2, 0.25) is 17.2 Å². The standard InChI is InChI=1S/C12H14ClN5S/c1-3-14-11-16-10(13)17-12(18-11)15-8-6-4-5-7-9(8)19-2/h4-7H,3H2,1-2H3,(H2,14,15,16,17,18). The largest absolute Gasteiger partial charge is 0.354 e. The number of para-hydroxylation sites is 1. The fourth-order valence-corrected chi connectivity index (χ4v) is 2.23. The summed E-state index contributed by atoms with van der Waals surface area (Å²) < 4.78 is 0. The maximum Gasteiger partial charge on any atom is 0.233 e. The van der Waals surface area contributed by atoms with Crippen molar-refractivity contribution in [1.29, 1.82) is 0 Å². The first-order valence-electron chi connectivity index (χ1n) is 5.78. The molecule has 0 saturated carbocycles. The predicted octanol–water partition coefficient (Wildman–Crippen LogP) is 3.42. The van der Waals surface area contributed by atoms with Gasteiger partial charge in [0.05, 0.1) is 5.69 Å². The molecule has 2 N–H and O–H groups in total. The van der Waals surface area contributed by atoms with Gasteiger partial charge in [0.25, 0.3) is 0 Å². The summed E-state index contributed by atoms with van der Waals surface area (Å²) in [6, 6.07) is 7.94. The van der Waals surface area contributed by atoms with E-state index in [0.717, 1.165) is 17.1 Å². The number of anilines is 3. The normalized spacial score (nSPS) is 10.3. The van der Waals surface area contributed by atoms with E-state index in [2.05, 4.69) is 25.6 Å². The van der Waals surface area contributed by atoms with Crippen molar-refractivity contribution in [3.05, 3.63) is 29.5 Å². The first-order chi connectivity index (χ1) is 9.22. The van der Waals surface area contributed by atoms with Crippen LogP contribution in [0.25, 0.3) is 0 Å². The number of thioether (sulfide) groups is 1. The smallest absolute Gasteiger partial charge is 0.233 e. The first kappa shape index (κ1) is 13.9. The zero-order chi connectivity index (χ0) is 13.7. The van der Waals surface area contributed by atoms with E-state index >= 15 is 0 Å². The van der Waals surface area contributed by atoms with E-state index in [-0.39, 0.29) is 5.28 Å². The highest BCUT2D eigenvalue weighted by Crippen LogP contribution is 2.26. The molecule has 7 heteroatoms. The Balaban J connectivity index is 2.27. The van der Waals surface area contributed by atoms with Gasteiger partial charge < -0.3 is 10.6 Å². The molecule has 0 aliphatic rings. The highest BCUT2D eigenvalue weighted by Gasteiger charge is 2.06. The summed E-state index contributed by atoms with van der Waals surface area (Å²) in [5.41, 5.74) is 0.944. The Morgan fingerprint density at radius 2 is 1.89 bits per heavy atom. The van der Waals surface area contributed by atoms with Crippen LogP contribution >= 0.6 is 23.4 Å². The average molecular weight is 296 g/mol. The molecule has 1 heterocycles. The molecule has 0 aliphatic carbocycles. The van der Waals surface area contributed by atoms with Gasteiger partial charge in [-0.3, -0.25) is 0 Å². The minimum absolute atomic E-state index is 0.162. The van der Waals surface area contributed by atoms with Gasteiger partial charge in [0.1, 0.15) is 0 Å². The lowest BCUT2D eigenvalue weighted by molar-refractivity contribution is 1.02. The second-order valence-electron chi connectivity index (χ2n) is 3.61. The molecule has 5 nitrogen and oxygen atoms in total. The molecular formula is C12H14ClN5S. The van der Waals surface area contributed by atoms with Crippen LogP contribution in [-0.2, 0) is 0 Å². The summed E-state index contributed by atoms with van der Waals surface area (Å²) in [7, 11) is 0. The summed E-state index contributed by atoms with van der Waals surface area (Å²) in [6.07, 6.45) is 2.02. The summed E-state index contributed by atoms with van der Waals surface area (Å²) in [6.45, 7) is 2.69. The van der Waals surface area contributed by atoms with E-state index in [1.807, 2.05) is 37.4 Å². The highest BCUT2D eigenvalue weighted by molar-refractivity contribution is 7.98. The number of nitrogens with zero attached hydrogens (tertiary/aromatic N) is 3. The van der Waals surface area contributed by atoms with Crippen LogP contribution in [0.4, 0.5) is 17.6 Å². The number of benzene rings is 1. The molecule has 100 valence electrons. The molecule has 0 amide bonds. The second-order valence-corrected chi connectivity index (χ2v) is 4.79. The summed E-state index contributed by atoms with van der Waals surface area (Å²) in [4.78, 5) is 13.4. The summed E-state index contributed by atoms with van der Waals surface area (Å²) >= 11 is 7.53. The Morgan fingerprint density at radius 1 is 1.16 bits per heavy atom. The number of rotatable bonds is 5. The molecule has 0 bridgehead atoms. The molecule has 0 radical (unpaired) electrons. The zero-order valence-corrected chi connectivity index (χ0v) is 12.2. The third kappa shape index (κ3) is 3.71. The fourth-order valence-electron chi connectivity index (χ4n) is 1.51. The fraction of sp³-hybridized carbons (Fsp3) is 0.250. The quantitative estimate of drug-likeness (QED) is 0.824. The first-order valence-corrected chi connectivity index (χ1v) is 7.38. The van der Waals surface area contributed by atoms with Crippen molar-refractivity contribution >= 4 is 40.9 Å². The van der Waals surface area contributed by atoms with Crippen molar-refractivity contribution < 1.29 is 0 Å². The van der Waals surface area contributed by atoms with Gasteiger partial charge in [0.15, 0.2) is 0 Å². The predicted molar refractivity (Wildman–Crippen MR) is 80.5 cm³/mol. The monoisotopic (exact) mass is 295 g/mol. The van der Waals surface area contributed by atoms with Gasteiger partial charge in [0, 0.05) is 11.4 Å². The van der Waals surface area contributed by atoms with Crippen molar-refractivity contribution in [3.63, 3.8) is 0 Å². The lowest BCUT2D eigenvalue weighted by atomic mass is 10.3. The molecule has 0 fully saturated rings. The van der Waals surface area contributed by atoms with Gasteiger partial charge in [-0.1, -0.05) is 12.1 Å². The Bertz CT molecular complexity index is 564. The molecular weight excluding hydrogens is 282 g/mol. The van der Waals surface area contributed by atoms with Crippen molar-refractivity contribution in [2.45, 2.75) is 11.8 Å². The minimum atomic E-state index is 0.162. The van der Waals surface area contributed by atoms with Crippen LogP contribution in [0.3, 0.4) is 0 Å². The van der Waals surface area contributed by atoms with E-state index < -0.39 is 0 Å². The summed E-state index contributed by atoms with van der Waals surface area (Å²) in [5, 5.41) is 6.33. The molecule has 2 aromatic rings. The van der Waals surface area contributed by atoms with Crippen molar-refractivity contribution in [1.82, 2.24) is 15.0 Å². The topological polar surface area (TPSA) is 62.7 Å². The lowest BCUT2D eigenvalue weighted by Gasteiger charge is -2.10. The van der Waals surface area contributed by atoms with E-state index in [9.17, 15) is 0 Å². The van der Waals surface area contributed by atoms with E-state index in [0.29, 0.717) is 11.9 Å². The maximum atomic E-state index is 5.88. The van der Waals surface area contributed by atoms with Crippen molar-refractivity contribution in [3.8, 4) is 0 Å². The maximum absolute atomic E-state index is 5.88. The molecule has 2 rings (SSSR count). The third-order valence-electron chi connectivity index (χ3n) is 2.30. The van der Waals surface area contributed by atoms with Crippen LogP contribution in [0.15, 0.2) is 29.2 Å². The van der Waals surface area contributed by atoms with Crippen LogP contribution < -0.4 is 10.6 Å². The number of nitrogens with one attached hydrogen (secondary N) is 2. The van der Waals surface area contributed by atoms with Gasteiger partial charge in [-0.25, -0.2) is 0 Å². The Labute approximate surface area is 121 Å². The van der Waals surface area contributed by atoms with Gasteiger partial charge >= 0.3 is 0 Å². The summed E-state index contributed by atoms with van der Waals surface area (Å²) in [5.74, 6) is 0.893. The molecule has 1 aromatic carbocycles. The second kappa shape index (κ2) is 6.58. The number of aromatic nitrogens is 3. The number of hydrogen-bond acceptors (Lipinski definition) is 6. The molecule has 19 heavy (non-hydrogen) atoms. The van der Waals surface area contributed by atoms with Crippen LogP contribution in [0.2, 0.25) is 5.28 Å². The third-order valence-corrected chi connectivity index (χ3v) is 3.26. The Morgan fingerprint density at radius 3 is 2.63 bits per heavy atom. The van der Waals surface area contributed by atoms with Gasteiger partial charge in [-0.2, -0.15) is 15.0 Å². The van der Waals surface area contributed by atoms with Gasteiger partial charge in [-0.15, -0.1) is 11.8 Å². The molecule has 1 aromatic heterocycles. The molecule has 0 atom stereocenters. The number of halogens is 1. The highest BCUT2D eigenvalue weighted by atomic mass is 35.5. The van der Waals surface area contributed by atoms with Crippen LogP contribution in [-0.4, -0.2) is 27.8 Å². The Kier molecular flexibility index (Phi) is 4.81. The number of hydrogen-bond donors (Lipinski definition) is 2. The Hall–Kier alpha value is -1.53. The van der Waals surface area contributed by atoms with Crippen LogP contribution in [0.1, 0.15) is 6.92 Å². The van der Waals surface area contributed by atoms with Crippen molar-refractivity contribution in [2.24, 2.45) is 0 Å². The van der Waals surface area contributed by atoms with Crippen LogP contribution in [0.5, 0.6) is 0 Å². The zero-order valence-electron chi connectivity index (χ0n) is 10.6. The van der Waals surface area contributed by atoms with Gasteiger partial charge in [-0.05, 0) is 36.9 Å². The molecule has 0 unspecified atom stereocenters. The average Bonchev–Trinajstić information content (AvgIpc) is 2.39. The van der Waals surface area contributed by atoms with E-state index in [4.69, 9.17) is 11.6 Å². The lowest BCUT2D eigenvalue weighted by Crippen LogP contribution is -2.06. The van der Waals surface area contributed by atoms with Crippen molar-refractivity contribution in [2.75, 3.05) is 23.4 Å². The van der Waals surface area contributed by atoms with E-state index in [1.54, 1.807) is 11.8 Å². The molecule has 0 aliphatic heterocycles. The minimum Gasteiger partial charge on any atom is -0.354 e. The van der Waals surface area contributed by atoms with Crippen LogP contribution in [0, 0.1) is 0 Å². The van der Waals surface area contributed by atoms with E-state index in [1.165, 1.54) is 0 Å². The SMILES string of the molecule is CCNc1nc(Cl)nc(Nc2ccccc2SC)n1. The molecule has 0 spiro atoms.